The number of methoxy groups -OCH3 is 1. The van der Waals surface area contributed by atoms with Crippen molar-refractivity contribution in [2.75, 3.05) is 13.7 Å². The Labute approximate surface area is 214 Å². The summed E-state index contributed by atoms with van der Waals surface area (Å²) in [5.41, 5.74) is 6.01. The molecule has 0 spiro atoms. The van der Waals surface area contributed by atoms with Crippen LogP contribution in [0.1, 0.15) is 34.4 Å². The Kier molecular flexibility index (Phi) is 7.25. The number of aryl methyl sites for hydroxylation is 4. The van der Waals surface area contributed by atoms with E-state index >= 15 is 0 Å². The van der Waals surface area contributed by atoms with Crippen LogP contribution in [0.4, 0.5) is 0 Å². The molecule has 1 aliphatic carbocycles. The van der Waals surface area contributed by atoms with Gasteiger partial charge >= 0.3 is 0 Å². The lowest BCUT2D eigenvalue weighted by molar-refractivity contribution is -0.385. The summed E-state index contributed by atoms with van der Waals surface area (Å²) in [6, 6.07) is 10.1. The Morgan fingerprint density at radius 1 is 1.14 bits per heavy atom. The van der Waals surface area contributed by atoms with Crippen molar-refractivity contribution in [2.45, 2.75) is 75.5 Å². The van der Waals surface area contributed by atoms with Crippen molar-refractivity contribution in [1.82, 2.24) is 10.2 Å². The van der Waals surface area contributed by atoms with Gasteiger partial charge in [-0.3, -0.25) is 5.10 Å². The fourth-order valence-corrected chi connectivity index (χ4v) is 5.35. The summed E-state index contributed by atoms with van der Waals surface area (Å²) in [6.45, 7) is 1.18. The lowest BCUT2D eigenvalue weighted by atomic mass is 9.88. The molecule has 3 aromatic rings. The maximum Gasteiger partial charge on any atom is 0.288 e. The van der Waals surface area contributed by atoms with Crippen molar-refractivity contribution < 1.29 is 39.7 Å². The molecule has 2 aliphatic rings. The molecule has 37 heavy (non-hydrogen) atoms. The van der Waals surface area contributed by atoms with E-state index in [2.05, 4.69) is 28.4 Å². The highest BCUT2D eigenvalue weighted by Crippen LogP contribution is 2.37. The molecule has 5 rings (SSSR count). The molecule has 0 saturated carbocycles. The molecule has 200 valence electrons. The number of ether oxygens (including phenoxy) is 3. The van der Waals surface area contributed by atoms with Crippen LogP contribution < -0.4 is 4.74 Å². The van der Waals surface area contributed by atoms with Gasteiger partial charge in [-0.25, -0.2) is 0 Å². The molecule has 1 aliphatic heterocycles. The highest BCUT2D eigenvalue weighted by atomic mass is 16.7. The molecule has 10 heteroatoms. The van der Waals surface area contributed by atoms with Crippen molar-refractivity contribution in [3.63, 3.8) is 0 Å². The summed E-state index contributed by atoms with van der Waals surface area (Å²) < 4.78 is 16.4. The molecule has 2 heterocycles. The SMILES string of the molecule is COC1CCc2cc(CCc3n[nH]c4cc(C)cc(O[C@]5(O)[C@H](O)O[C@H](CO)[C@@H](O)[C@@H]5O)c34)ccc2C1. The minimum absolute atomic E-state index is 0.175. The maximum atomic E-state index is 11.1. The van der Waals surface area contributed by atoms with Crippen molar-refractivity contribution in [3.8, 4) is 5.75 Å². The molecule has 0 amide bonds. The summed E-state index contributed by atoms with van der Waals surface area (Å²) >= 11 is 0. The molecule has 1 saturated heterocycles. The zero-order valence-electron chi connectivity index (χ0n) is 20.9. The van der Waals surface area contributed by atoms with Crippen molar-refractivity contribution in [2.24, 2.45) is 0 Å². The van der Waals surface area contributed by atoms with E-state index in [9.17, 15) is 25.5 Å². The van der Waals surface area contributed by atoms with E-state index in [1.165, 1.54) is 16.7 Å². The average Bonchev–Trinajstić information content (AvgIpc) is 3.31. The number of nitrogens with zero attached hydrogens (tertiary/aromatic N) is 1. The third-order valence-electron chi connectivity index (χ3n) is 7.52. The summed E-state index contributed by atoms with van der Waals surface area (Å²) in [7, 11) is 1.76. The van der Waals surface area contributed by atoms with Crippen LogP contribution in [0.5, 0.6) is 5.75 Å². The number of H-pyrrole nitrogens is 1. The van der Waals surface area contributed by atoms with Gasteiger partial charge < -0.3 is 39.7 Å². The summed E-state index contributed by atoms with van der Waals surface area (Å²) in [6.07, 6.45) is -2.40. The van der Waals surface area contributed by atoms with Gasteiger partial charge in [0.2, 0.25) is 6.29 Å². The smallest absolute Gasteiger partial charge is 0.288 e. The number of benzene rings is 2. The first-order valence-electron chi connectivity index (χ1n) is 12.6. The lowest BCUT2D eigenvalue weighted by Crippen LogP contribution is -2.69. The molecular formula is C27H34N2O8. The average molecular weight is 515 g/mol. The molecule has 1 aromatic heterocycles. The highest BCUT2D eigenvalue weighted by molar-refractivity contribution is 5.88. The predicted octanol–water partition coefficient (Wildman–Crippen LogP) is 0.659. The van der Waals surface area contributed by atoms with Crippen LogP contribution in [0.3, 0.4) is 0 Å². The molecular weight excluding hydrogens is 480 g/mol. The molecule has 6 atom stereocenters. The summed E-state index contributed by atoms with van der Waals surface area (Å²) in [5.74, 6) is -2.49. The van der Waals surface area contributed by atoms with Crippen LogP contribution >= 0.6 is 0 Å². The maximum absolute atomic E-state index is 11.1. The Hall–Kier alpha value is -2.57. The van der Waals surface area contributed by atoms with Gasteiger partial charge in [-0.1, -0.05) is 18.2 Å². The number of hydrogen-bond donors (Lipinski definition) is 6. The molecule has 1 fully saturated rings. The molecule has 0 bridgehead atoms. The van der Waals surface area contributed by atoms with Gasteiger partial charge in [-0.15, -0.1) is 0 Å². The molecule has 10 nitrogen and oxygen atoms in total. The van der Waals surface area contributed by atoms with E-state index in [0.717, 1.165) is 31.2 Å². The van der Waals surface area contributed by atoms with Crippen LogP contribution in [0.15, 0.2) is 30.3 Å². The van der Waals surface area contributed by atoms with E-state index < -0.39 is 37.0 Å². The Bertz CT molecular complexity index is 1260. The molecule has 1 unspecified atom stereocenters. The second-order valence-corrected chi connectivity index (χ2v) is 10.1. The number of aliphatic hydroxyl groups is 5. The quantitative estimate of drug-likeness (QED) is 0.249. The second-order valence-electron chi connectivity index (χ2n) is 10.1. The second kappa shape index (κ2) is 10.3. The zero-order valence-corrected chi connectivity index (χ0v) is 20.9. The normalized spacial score (nSPS) is 29.9. The number of rotatable bonds is 7. The fraction of sp³-hybridized carbons (Fsp3) is 0.519. The van der Waals surface area contributed by atoms with Crippen molar-refractivity contribution >= 4 is 10.9 Å². The third-order valence-corrected chi connectivity index (χ3v) is 7.52. The topological polar surface area (TPSA) is 158 Å². The van der Waals surface area contributed by atoms with Gasteiger partial charge in [0.05, 0.1) is 29.3 Å². The molecule has 2 aromatic carbocycles. The van der Waals surface area contributed by atoms with E-state index in [4.69, 9.17) is 14.2 Å². The summed E-state index contributed by atoms with van der Waals surface area (Å²) in [4.78, 5) is 0. The number of fused-ring (bicyclic) bond motifs is 2. The minimum Gasteiger partial charge on any atom is -0.453 e. The Balaban J connectivity index is 1.40. The van der Waals surface area contributed by atoms with E-state index in [1.807, 2.05) is 13.0 Å². The highest BCUT2D eigenvalue weighted by Gasteiger charge is 2.57. The first kappa shape index (κ1) is 26.1. The number of nitrogens with one attached hydrogen (secondary N) is 1. The van der Waals surface area contributed by atoms with Crippen molar-refractivity contribution in [3.05, 3.63) is 58.3 Å². The van der Waals surface area contributed by atoms with Gasteiger partial charge in [0.1, 0.15) is 18.0 Å². The van der Waals surface area contributed by atoms with Crippen LogP contribution in [0.25, 0.3) is 10.9 Å². The first-order chi connectivity index (χ1) is 17.7. The monoisotopic (exact) mass is 514 g/mol. The van der Waals surface area contributed by atoms with Gasteiger partial charge in [-0.05, 0) is 73.4 Å². The summed E-state index contributed by atoms with van der Waals surface area (Å²) in [5, 5.41) is 59.7. The van der Waals surface area contributed by atoms with Gasteiger partial charge in [0, 0.05) is 7.11 Å². The number of aliphatic hydroxyl groups excluding tert-OH is 4. The standard InChI is InChI=1S/C27H34N2O8/c1-14-9-20-23(21(10-14)37-27(34)25(32)24(31)22(13-30)36-26(27)33)19(28-29-20)8-4-15-3-5-17-12-18(35-2)7-6-16(17)11-15/h3,5,9-11,18,22,24-26,30-34H,4,6-8,12-13H2,1-2H3,(H,28,29)/t18?,22-,24-,25+,26-,27+/m1/s1. The Morgan fingerprint density at radius 3 is 2.70 bits per heavy atom. The van der Waals surface area contributed by atoms with Crippen LogP contribution in [0.2, 0.25) is 0 Å². The molecule has 0 radical (unpaired) electrons. The minimum atomic E-state index is -2.67. The van der Waals surface area contributed by atoms with E-state index in [0.29, 0.717) is 23.0 Å². The van der Waals surface area contributed by atoms with Gasteiger partial charge in [0.15, 0.2) is 6.10 Å². The van der Waals surface area contributed by atoms with Gasteiger partial charge in [-0.2, -0.15) is 5.10 Å². The predicted molar refractivity (Wildman–Crippen MR) is 133 cm³/mol. The van der Waals surface area contributed by atoms with Crippen molar-refractivity contribution in [1.29, 1.82) is 0 Å². The number of aromatic amines is 1. The molecule has 6 N–H and O–H groups in total. The van der Waals surface area contributed by atoms with Gasteiger partial charge in [0.25, 0.3) is 5.79 Å². The zero-order chi connectivity index (χ0) is 26.3. The largest absolute Gasteiger partial charge is 0.453 e. The van der Waals surface area contributed by atoms with E-state index in [-0.39, 0.29) is 11.9 Å². The van der Waals surface area contributed by atoms with Crippen LogP contribution in [-0.2, 0) is 35.2 Å². The Morgan fingerprint density at radius 2 is 1.95 bits per heavy atom. The first-order valence-corrected chi connectivity index (χ1v) is 12.6. The number of aromatic nitrogens is 2. The fourth-order valence-electron chi connectivity index (χ4n) is 5.35. The van der Waals surface area contributed by atoms with Crippen LogP contribution in [-0.4, -0.2) is 85.9 Å². The number of hydrogen-bond acceptors (Lipinski definition) is 9. The van der Waals surface area contributed by atoms with E-state index in [1.54, 1.807) is 13.2 Å². The van der Waals surface area contributed by atoms with Crippen LogP contribution in [0, 0.1) is 6.92 Å². The lowest BCUT2D eigenvalue weighted by Gasteiger charge is -2.45. The third kappa shape index (κ3) is 4.86.